The minimum Gasteiger partial charge on any atom is -0.454 e. The maximum absolute atomic E-state index is 6.37. The Hall–Kier alpha value is -3.92. The number of hydrogen-bond acceptors (Lipinski definition) is 3. The van der Waals surface area contributed by atoms with Crippen molar-refractivity contribution in [3.63, 3.8) is 0 Å². The predicted octanol–water partition coefficient (Wildman–Crippen LogP) is 6.09. The van der Waals surface area contributed by atoms with Gasteiger partial charge in [0.25, 0.3) is 0 Å². The highest BCUT2D eigenvalue weighted by molar-refractivity contribution is 6.21. The van der Waals surface area contributed by atoms with Crippen molar-refractivity contribution in [2.75, 3.05) is 0 Å². The van der Waals surface area contributed by atoms with Crippen LogP contribution in [-0.4, -0.2) is 14.4 Å². The molecule has 0 saturated carbocycles. The van der Waals surface area contributed by atoms with Gasteiger partial charge < -0.3 is 4.42 Å². The Bertz CT molecular complexity index is 1720. The number of rotatable bonds is 0. The van der Waals surface area contributed by atoms with Crippen molar-refractivity contribution in [1.82, 2.24) is 14.4 Å². The average Bonchev–Trinajstić information content (AvgIpc) is 3.32. The topological polar surface area (TPSA) is 43.3 Å². The number of nitrogens with zero attached hydrogens (tertiary/aromatic N) is 3. The van der Waals surface area contributed by atoms with E-state index >= 15 is 0 Å². The van der Waals surface area contributed by atoms with Crippen LogP contribution in [0.15, 0.2) is 83.4 Å². The van der Waals surface area contributed by atoms with Crippen molar-refractivity contribution in [1.29, 1.82) is 0 Å². The van der Waals surface area contributed by atoms with Crippen LogP contribution in [0.3, 0.4) is 0 Å². The van der Waals surface area contributed by atoms with Gasteiger partial charge >= 0.3 is 0 Å². The molecule has 7 aromatic rings. The number of hydrogen-bond donors (Lipinski definition) is 0. The van der Waals surface area contributed by atoms with E-state index in [9.17, 15) is 0 Å². The van der Waals surface area contributed by atoms with E-state index in [4.69, 9.17) is 9.40 Å². The second-order valence-corrected chi connectivity index (χ2v) is 7.10. The highest BCUT2D eigenvalue weighted by Crippen LogP contribution is 2.38. The first-order valence-electron chi connectivity index (χ1n) is 9.28. The van der Waals surface area contributed by atoms with Gasteiger partial charge in [-0.1, -0.05) is 42.5 Å². The van der Waals surface area contributed by atoms with E-state index in [1.165, 1.54) is 0 Å². The summed E-state index contributed by atoms with van der Waals surface area (Å²) in [6, 6.07) is 24.8. The summed E-state index contributed by atoms with van der Waals surface area (Å²) in [5, 5.41) is 4.45. The molecule has 0 unspecified atom stereocenters. The fraction of sp³-hybridized carbons (Fsp3) is 0. The zero-order chi connectivity index (χ0) is 18.2. The fourth-order valence-corrected chi connectivity index (χ4v) is 4.43. The summed E-state index contributed by atoms with van der Waals surface area (Å²) in [6.07, 6.45) is 1.83. The van der Waals surface area contributed by atoms with Gasteiger partial charge in [0.05, 0.1) is 16.6 Å². The summed E-state index contributed by atoms with van der Waals surface area (Å²) in [5.41, 5.74) is 6.60. The Morgan fingerprint density at radius 3 is 2.54 bits per heavy atom. The zero-order valence-electron chi connectivity index (χ0n) is 14.8. The third-order valence-corrected chi connectivity index (χ3v) is 5.61. The summed E-state index contributed by atoms with van der Waals surface area (Å²) in [5.74, 6) is 0. The lowest BCUT2D eigenvalue weighted by Gasteiger charge is -2.08. The molecule has 4 heterocycles. The van der Waals surface area contributed by atoms with Crippen LogP contribution < -0.4 is 0 Å². The zero-order valence-corrected chi connectivity index (χ0v) is 14.8. The van der Waals surface area contributed by atoms with Crippen molar-refractivity contribution >= 4 is 60.4 Å². The number of benzene rings is 3. The van der Waals surface area contributed by atoms with Gasteiger partial charge in [-0.05, 0) is 30.3 Å². The van der Waals surface area contributed by atoms with Crippen molar-refractivity contribution in [3.05, 3.63) is 79.0 Å². The molecule has 0 atom stereocenters. The van der Waals surface area contributed by atoms with Crippen molar-refractivity contribution < 1.29 is 4.42 Å². The van der Waals surface area contributed by atoms with Crippen LogP contribution in [0.2, 0.25) is 0 Å². The number of fused-ring (bicyclic) bond motifs is 12. The first-order chi connectivity index (χ1) is 13.9. The molecule has 0 N–H and O–H groups in total. The Labute approximate surface area is 158 Å². The molecule has 0 aliphatic heterocycles. The van der Waals surface area contributed by atoms with Gasteiger partial charge in [0.15, 0.2) is 11.2 Å². The second-order valence-electron chi connectivity index (χ2n) is 7.10. The number of furan rings is 1. The highest BCUT2D eigenvalue weighted by Gasteiger charge is 2.18. The maximum Gasteiger partial charge on any atom is 0.165 e. The van der Waals surface area contributed by atoms with Crippen LogP contribution in [0.5, 0.6) is 0 Å². The van der Waals surface area contributed by atoms with Crippen LogP contribution in [0.1, 0.15) is 0 Å². The molecule has 28 heavy (non-hydrogen) atoms. The third kappa shape index (κ3) is 1.61. The number of aromatic nitrogens is 3. The van der Waals surface area contributed by atoms with Gasteiger partial charge in [-0.3, -0.25) is 9.38 Å². The standard InChI is InChI=1S/C24H13N3O/c1-4-10-20-14(6-1)17-12-11-16-15-7-5-13-25-21(15)24-26-18-8-2-3-9-19(18)27(24)22(16)23(17)28-20/h1-13H. The van der Waals surface area contributed by atoms with Crippen molar-refractivity contribution in [2.24, 2.45) is 0 Å². The van der Waals surface area contributed by atoms with E-state index in [0.29, 0.717) is 0 Å². The SMILES string of the molecule is c1ccc2c(c1)nc1c3ncccc3c3ccc4c5ccccc5oc4c3n21. The molecular formula is C24H13N3O. The van der Waals surface area contributed by atoms with Crippen LogP contribution in [0.4, 0.5) is 0 Å². The number of imidazole rings is 1. The van der Waals surface area contributed by atoms with E-state index in [-0.39, 0.29) is 0 Å². The highest BCUT2D eigenvalue weighted by atomic mass is 16.3. The summed E-state index contributed by atoms with van der Waals surface area (Å²) >= 11 is 0. The molecule has 4 aromatic heterocycles. The van der Waals surface area contributed by atoms with Gasteiger partial charge in [0.1, 0.15) is 11.1 Å². The first-order valence-corrected chi connectivity index (χ1v) is 9.28. The summed E-state index contributed by atoms with van der Waals surface area (Å²) in [4.78, 5) is 9.58. The smallest absolute Gasteiger partial charge is 0.165 e. The van der Waals surface area contributed by atoms with E-state index < -0.39 is 0 Å². The molecule has 0 bridgehead atoms. The summed E-state index contributed by atoms with van der Waals surface area (Å²) in [7, 11) is 0. The normalized spacial score (nSPS) is 12.3. The van der Waals surface area contributed by atoms with Crippen molar-refractivity contribution in [3.8, 4) is 0 Å². The monoisotopic (exact) mass is 359 g/mol. The molecule has 0 aliphatic carbocycles. The van der Waals surface area contributed by atoms with Gasteiger partial charge in [-0.25, -0.2) is 4.98 Å². The van der Waals surface area contributed by atoms with E-state index in [2.05, 4.69) is 39.7 Å². The number of pyridine rings is 2. The molecular weight excluding hydrogens is 346 g/mol. The van der Waals surface area contributed by atoms with Gasteiger partial charge in [0, 0.05) is 27.7 Å². The van der Waals surface area contributed by atoms with Gasteiger partial charge in [0.2, 0.25) is 0 Å². The second kappa shape index (κ2) is 4.87. The predicted molar refractivity (Wildman–Crippen MR) is 113 cm³/mol. The minimum atomic E-state index is 0.859. The van der Waals surface area contributed by atoms with E-state index in [1.54, 1.807) is 0 Å². The lowest BCUT2D eigenvalue weighted by Crippen LogP contribution is -1.93. The van der Waals surface area contributed by atoms with E-state index in [1.807, 2.05) is 48.7 Å². The van der Waals surface area contributed by atoms with Crippen LogP contribution in [0.25, 0.3) is 60.4 Å². The Morgan fingerprint density at radius 2 is 1.54 bits per heavy atom. The van der Waals surface area contributed by atoms with Gasteiger partial charge in [-0.15, -0.1) is 0 Å². The summed E-state index contributed by atoms with van der Waals surface area (Å²) < 4.78 is 8.57. The van der Waals surface area contributed by atoms with Crippen LogP contribution in [0, 0.1) is 0 Å². The Balaban J connectivity index is 1.91. The van der Waals surface area contributed by atoms with Gasteiger partial charge in [-0.2, -0.15) is 0 Å². The molecule has 0 amide bonds. The lowest BCUT2D eigenvalue weighted by molar-refractivity contribution is 0.671. The largest absolute Gasteiger partial charge is 0.454 e. The van der Waals surface area contributed by atoms with Crippen LogP contribution in [-0.2, 0) is 0 Å². The lowest BCUT2D eigenvalue weighted by atomic mass is 10.1. The third-order valence-electron chi connectivity index (χ3n) is 5.61. The molecule has 3 aromatic carbocycles. The summed E-state index contributed by atoms with van der Waals surface area (Å²) in [6.45, 7) is 0. The fourth-order valence-electron chi connectivity index (χ4n) is 4.43. The molecule has 0 saturated heterocycles. The number of para-hydroxylation sites is 3. The average molecular weight is 359 g/mol. The minimum absolute atomic E-state index is 0.859. The van der Waals surface area contributed by atoms with Crippen molar-refractivity contribution in [2.45, 2.75) is 0 Å². The quantitative estimate of drug-likeness (QED) is 0.308. The molecule has 7 rings (SSSR count). The molecule has 0 spiro atoms. The van der Waals surface area contributed by atoms with E-state index in [0.717, 1.165) is 60.4 Å². The first kappa shape index (κ1) is 14.2. The molecule has 4 heteroatoms. The Morgan fingerprint density at radius 1 is 0.714 bits per heavy atom. The molecule has 0 radical (unpaired) electrons. The molecule has 0 aliphatic rings. The molecule has 130 valence electrons. The molecule has 0 fully saturated rings. The molecule has 4 nitrogen and oxygen atoms in total. The maximum atomic E-state index is 6.37. The van der Waals surface area contributed by atoms with Crippen LogP contribution >= 0.6 is 0 Å². The Kier molecular flexibility index (Phi) is 2.46.